The number of pyridine rings is 1. The van der Waals surface area contributed by atoms with Crippen molar-refractivity contribution in [3.63, 3.8) is 0 Å². The van der Waals surface area contributed by atoms with Crippen LogP contribution >= 0.6 is 0 Å². The van der Waals surface area contributed by atoms with E-state index in [2.05, 4.69) is 49.7 Å². The van der Waals surface area contributed by atoms with Gasteiger partial charge in [0.1, 0.15) is 11.8 Å². The Labute approximate surface area is 208 Å². The van der Waals surface area contributed by atoms with Gasteiger partial charge in [0.25, 0.3) is 0 Å². The molecule has 4 heterocycles. The van der Waals surface area contributed by atoms with Gasteiger partial charge in [-0.05, 0) is 62.2 Å². The number of benzene rings is 2. The van der Waals surface area contributed by atoms with E-state index < -0.39 is 5.82 Å². The average Bonchev–Trinajstić information content (AvgIpc) is 2.86. The minimum absolute atomic E-state index is 0.0146. The molecule has 1 unspecified atom stereocenters. The van der Waals surface area contributed by atoms with E-state index in [0.29, 0.717) is 40.4 Å². The van der Waals surface area contributed by atoms with Crippen LogP contribution in [0.3, 0.4) is 0 Å². The number of anilines is 4. The van der Waals surface area contributed by atoms with Gasteiger partial charge in [-0.25, -0.2) is 19.3 Å². The van der Waals surface area contributed by atoms with Gasteiger partial charge in [-0.1, -0.05) is 6.07 Å². The summed E-state index contributed by atoms with van der Waals surface area (Å²) in [5.41, 5.74) is 12.9. The molecule has 2 aliphatic heterocycles. The van der Waals surface area contributed by atoms with Crippen molar-refractivity contribution < 1.29 is 9.13 Å². The number of likely N-dealkylation sites (N-methyl/N-ethyl adjacent to an activating group) is 1. The van der Waals surface area contributed by atoms with E-state index >= 15 is 4.39 Å². The summed E-state index contributed by atoms with van der Waals surface area (Å²) in [7, 11) is 2.13. The Morgan fingerprint density at radius 2 is 2.03 bits per heavy atom. The fraction of sp³-hybridized carbons (Fsp3) is 0.296. The molecule has 2 aromatic heterocycles. The monoisotopic (exact) mass is 485 g/mol. The number of fused-ring (bicyclic) bond motifs is 3. The van der Waals surface area contributed by atoms with Crippen LogP contribution in [0.1, 0.15) is 23.6 Å². The third kappa shape index (κ3) is 3.85. The Hall–Kier alpha value is -3.98. The summed E-state index contributed by atoms with van der Waals surface area (Å²) in [4.78, 5) is 15.8. The second-order valence-corrected chi connectivity index (χ2v) is 9.66. The average molecular weight is 486 g/mol. The van der Waals surface area contributed by atoms with Gasteiger partial charge in [-0.3, -0.25) is 0 Å². The van der Waals surface area contributed by atoms with E-state index in [-0.39, 0.29) is 11.8 Å². The van der Waals surface area contributed by atoms with Gasteiger partial charge in [0, 0.05) is 47.7 Å². The van der Waals surface area contributed by atoms with Crippen molar-refractivity contribution >= 4 is 33.9 Å². The summed E-state index contributed by atoms with van der Waals surface area (Å²) in [6.07, 6.45) is 4.25. The maximum absolute atomic E-state index is 15.5. The highest BCUT2D eigenvalue weighted by Crippen LogP contribution is 2.39. The molecule has 2 aliphatic rings. The van der Waals surface area contributed by atoms with Crippen molar-refractivity contribution in [1.82, 2.24) is 19.9 Å². The number of nitrogen functional groups attached to an aromatic ring is 1. The molecule has 36 heavy (non-hydrogen) atoms. The fourth-order valence-electron chi connectivity index (χ4n) is 4.96. The van der Waals surface area contributed by atoms with E-state index in [1.165, 1.54) is 11.1 Å². The lowest BCUT2D eigenvalue weighted by molar-refractivity contribution is 0.216. The number of halogens is 1. The Kier molecular flexibility index (Phi) is 5.37. The summed E-state index contributed by atoms with van der Waals surface area (Å²) in [6.45, 7) is 6.52. The maximum atomic E-state index is 15.5. The molecule has 0 amide bonds. The van der Waals surface area contributed by atoms with Crippen molar-refractivity contribution in [2.24, 2.45) is 0 Å². The first-order valence-corrected chi connectivity index (χ1v) is 12.1. The van der Waals surface area contributed by atoms with Crippen LogP contribution in [0.25, 0.3) is 22.0 Å². The van der Waals surface area contributed by atoms with Gasteiger partial charge >= 0.3 is 0 Å². The molecule has 0 saturated carbocycles. The molecule has 9 heteroatoms. The van der Waals surface area contributed by atoms with Crippen molar-refractivity contribution in [2.75, 3.05) is 36.5 Å². The summed E-state index contributed by atoms with van der Waals surface area (Å²) in [6, 6.07) is 8.04. The van der Waals surface area contributed by atoms with Gasteiger partial charge in [0.2, 0.25) is 11.8 Å². The summed E-state index contributed by atoms with van der Waals surface area (Å²) >= 11 is 0. The maximum Gasteiger partial charge on any atom is 0.238 e. The van der Waals surface area contributed by atoms with E-state index in [4.69, 9.17) is 10.5 Å². The normalized spacial score (nSPS) is 17.2. The fourth-order valence-corrected chi connectivity index (χ4v) is 4.96. The predicted octanol–water partition coefficient (Wildman–Crippen LogP) is 4.65. The first-order valence-electron chi connectivity index (χ1n) is 12.1. The van der Waals surface area contributed by atoms with Gasteiger partial charge in [-0.15, -0.1) is 0 Å². The van der Waals surface area contributed by atoms with Gasteiger partial charge < -0.3 is 26.0 Å². The van der Waals surface area contributed by atoms with Crippen LogP contribution in [0.4, 0.5) is 27.4 Å². The molecule has 0 spiro atoms. The summed E-state index contributed by atoms with van der Waals surface area (Å²) < 4.78 is 21.3. The smallest absolute Gasteiger partial charge is 0.238 e. The summed E-state index contributed by atoms with van der Waals surface area (Å²) in [5, 5.41) is 7.10. The zero-order valence-corrected chi connectivity index (χ0v) is 20.5. The summed E-state index contributed by atoms with van der Waals surface area (Å²) in [5.74, 6) is 0.433. The van der Waals surface area contributed by atoms with E-state index in [1.807, 2.05) is 19.9 Å². The Balaban J connectivity index is 1.38. The molecule has 0 aliphatic carbocycles. The number of hydrogen-bond donors (Lipinski definition) is 3. The molecule has 4 N–H and O–H groups in total. The minimum atomic E-state index is -0.513. The molecule has 6 rings (SSSR count). The van der Waals surface area contributed by atoms with E-state index in [1.54, 1.807) is 18.5 Å². The van der Waals surface area contributed by atoms with Crippen molar-refractivity contribution in [3.8, 4) is 17.0 Å². The minimum Gasteiger partial charge on any atom is -0.471 e. The Morgan fingerprint density at radius 1 is 1.17 bits per heavy atom. The number of nitrogens with two attached hydrogens (primary N) is 1. The first kappa shape index (κ1) is 22.5. The molecular formula is C27H28FN7O. The van der Waals surface area contributed by atoms with Crippen LogP contribution in [0.5, 0.6) is 5.88 Å². The van der Waals surface area contributed by atoms with Crippen LogP contribution in [-0.2, 0) is 13.0 Å². The second kappa shape index (κ2) is 8.60. The number of rotatable bonds is 3. The van der Waals surface area contributed by atoms with E-state index in [0.717, 1.165) is 36.4 Å². The zero-order valence-electron chi connectivity index (χ0n) is 20.5. The van der Waals surface area contributed by atoms with Gasteiger partial charge in [0.15, 0.2) is 5.82 Å². The molecule has 2 aromatic carbocycles. The van der Waals surface area contributed by atoms with Crippen molar-refractivity contribution in [1.29, 1.82) is 0 Å². The number of nitrogens with one attached hydrogen (secondary N) is 2. The highest BCUT2D eigenvalue weighted by Gasteiger charge is 2.23. The van der Waals surface area contributed by atoms with Crippen LogP contribution in [-0.4, -0.2) is 46.1 Å². The van der Waals surface area contributed by atoms with Gasteiger partial charge in [0.05, 0.1) is 17.7 Å². The molecule has 0 bridgehead atoms. The van der Waals surface area contributed by atoms with Crippen LogP contribution in [0, 0.1) is 12.7 Å². The highest BCUT2D eigenvalue weighted by molar-refractivity contribution is 5.96. The molecule has 1 atom stereocenters. The molecule has 8 nitrogen and oxygen atoms in total. The molecule has 0 radical (unpaired) electrons. The highest BCUT2D eigenvalue weighted by atomic mass is 19.1. The van der Waals surface area contributed by atoms with Crippen molar-refractivity contribution in [3.05, 3.63) is 59.2 Å². The van der Waals surface area contributed by atoms with Crippen LogP contribution < -0.4 is 21.1 Å². The quantitative estimate of drug-likeness (QED) is 0.361. The van der Waals surface area contributed by atoms with Crippen LogP contribution in [0.15, 0.2) is 36.7 Å². The lowest BCUT2D eigenvalue weighted by atomic mass is 9.98. The van der Waals surface area contributed by atoms with Gasteiger partial charge in [-0.2, -0.15) is 0 Å². The third-order valence-electron chi connectivity index (χ3n) is 7.00. The third-order valence-corrected chi connectivity index (χ3v) is 7.00. The topological polar surface area (TPSA) is 101 Å². The van der Waals surface area contributed by atoms with Crippen LogP contribution in [0.2, 0.25) is 0 Å². The molecule has 0 saturated heterocycles. The molecule has 4 aromatic rings. The molecule has 0 fully saturated rings. The number of aromatic nitrogens is 3. The zero-order chi connectivity index (χ0) is 25.0. The number of nitrogens with zero attached hydrogens (tertiary/aromatic N) is 4. The molecular weight excluding hydrogens is 457 g/mol. The van der Waals surface area contributed by atoms with Crippen molar-refractivity contribution in [2.45, 2.75) is 32.9 Å². The SMILES string of the molecule is Cc1c(-c2cc3nc(Nc4ccc5c(c4)CN(C)CC5)ncc3c(N)c2F)cnc2c1NCC(C)O2. The molecule has 184 valence electrons. The van der Waals surface area contributed by atoms with E-state index in [9.17, 15) is 0 Å². The largest absolute Gasteiger partial charge is 0.471 e. The Bertz CT molecular complexity index is 1510. The standard InChI is InChI=1S/C27H28FN7O/c1-14-10-30-25-15(2)20(11-31-26(25)36-14)19-9-22-21(24(29)23(19)28)12-32-27(34-22)33-18-5-4-16-6-7-35(3)13-17(16)8-18/h4-5,8-9,11-12,14,30H,6-7,10,13,29H2,1-3H3,(H,32,33,34). The number of ether oxygens (including phenoxy) is 1. The first-order chi connectivity index (χ1) is 17.4. The second-order valence-electron chi connectivity index (χ2n) is 9.66. The lowest BCUT2D eigenvalue weighted by Gasteiger charge is -2.26. The predicted molar refractivity (Wildman–Crippen MR) is 140 cm³/mol. The number of hydrogen-bond acceptors (Lipinski definition) is 8. The Morgan fingerprint density at radius 3 is 2.89 bits per heavy atom. The lowest BCUT2D eigenvalue weighted by Crippen LogP contribution is -2.28.